The van der Waals surface area contributed by atoms with Gasteiger partial charge in [0.1, 0.15) is 0 Å². The molecule has 0 aliphatic carbocycles. The van der Waals surface area contributed by atoms with Gasteiger partial charge in [-0.2, -0.15) is 0 Å². The minimum atomic E-state index is 0.366. The second-order valence-electron chi connectivity index (χ2n) is 5.08. The highest BCUT2D eigenvalue weighted by Crippen LogP contribution is 2.25. The molecule has 2 nitrogen and oxygen atoms in total. The van der Waals surface area contributed by atoms with E-state index >= 15 is 0 Å². The fourth-order valence-corrected chi connectivity index (χ4v) is 2.61. The quantitative estimate of drug-likeness (QED) is 0.801. The van der Waals surface area contributed by atoms with Crippen LogP contribution in [0, 0.1) is 13.8 Å². The van der Waals surface area contributed by atoms with Crippen molar-refractivity contribution in [1.82, 2.24) is 4.90 Å². The van der Waals surface area contributed by atoms with E-state index in [1.54, 1.807) is 0 Å². The predicted octanol–water partition coefficient (Wildman–Crippen LogP) is 3.43. The van der Waals surface area contributed by atoms with Crippen molar-refractivity contribution in [3.8, 4) is 0 Å². The maximum Gasteiger partial charge on any atom is 0.0473 e. The summed E-state index contributed by atoms with van der Waals surface area (Å²) in [6.07, 6.45) is 2.36. The van der Waals surface area contributed by atoms with Gasteiger partial charge in [0.05, 0.1) is 0 Å². The molecule has 0 aromatic heterocycles. The molecule has 1 unspecified atom stereocenters. The standard InChI is InChI=1S/C16H28N2/c1-5-10-18(11-6-2)16(12-17)15-9-7-8-13(3)14(15)4/h7-9,16H,5-6,10-12,17H2,1-4H3. The highest BCUT2D eigenvalue weighted by atomic mass is 15.2. The Bertz CT molecular complexity index is 354. The van der Waals surface area contributed by atoms with E-state index in [1.165, 1.54) is 29.5 Å². The molecule has 0 aliphatic heterocycles. The first-order valence-corrected chi connectivity index (χ1v) is 7.15. The molecule has 0 saturated carbocycles. The average molecular weight is 248 g/mol. The Hall–Kier alpha value is -0.860. The Morgan fingerprint density at radius 1 is 1.11 bits per heavy atom. The van der Waals surface area contributed by atoms with Crippen LogP contribution in [-0.2, 0) is 0 Å². The Kier molecular flexibility index (Phi) is 6.37. The summed E-state index contributed by atoms with van der Waals surface area (Å²) in [5, 5.41) is 0. The van der Waals surface area contributed by atoms with Gasteiger partial charge in [-0.05, 0) is 56.5 Å². The number of hydrogen-bond donors (Lipinski definition) is 1. The van der Waals surface area contributed by atoms with Crippen molar-refractivity contribution < 1.29 is 0 Å². The molecule has 2 N–H and O–H groups in total. The van der Waals surface area contributed by atoms with E-state index in [2.05, 4.69) is 50.8 Å². The molecule has 0 fully saturated rings. The zero-order valence-electron chi connectivity index (χ0n) is 12.4. The Balaban J connectivity index is 3.02. The molecule has 0 bridgehead atoms. The van der Waals surface area contributed by atoms with Gasteiger partial charge in [-0.3, -0.25) is 4.90 Å². The van der Waals surface area contributed by atoms with Crippen molar-refractivity contribution in [2.24, 2.45) is 5.73 Å². The summed E-state index contributed by atoms with van der Waals surface area (Å²) >= 11 is 0. The number of aryl methyl sites for hydroxylation is 1. The molecule has 0 spiro atoms. The molecule has 18 heavy (non-hydrogen) atoms. The van der Waals surface area contributed by atoms with Gasteiger partial charge >= 0.3 is 0 Å². The lowest BCUT2D eigenvalue weighted by atomic mass is 9.96. The molecule has 0 saturated heterocycles. The van der Waals surface area contributed by atoms with Crippen LogP contribution in [0.2, 0.25) is 0 Å². The summed E-state index contributed by atoms with van der Waals surface area (Å²) in [6, 6.07) is 6.93. The minimum Gasteiger partial charge on any atom is -0.329 e. The number of nitrogens with two attached hydrogens (primary N) is 1. The molecule has 0 heterocycles. The van der Waals surface area contributed by atoms with Crippen molar-refractivity contribution in [3.63, 3.8) is 0 Å². The van der Waals surface area contributed by atoms with Gasteiger partial charge in [0.2, 0.25) is 0 Å². The van der Waals surface area contributed by atoms with Crippen LogP contribution in [0.15, 0.2) is 18.2 Å². The van der Waals surface area contributed by atoms with Gasteiger partial charge in [-0.25, -0.2) is 0 Å². The highest BCUT2D eigenvalue weighted by Gasteiger charge is 2.19. The lowest BCUT2D eigenvalue weighted by Gasteiger charge is -2.32. The third-order valence-electron chi connectivity index (χ3n) is 3.69. The second kappa shape index (κ2) is 7.55. The monoisotopic (exact) mass is 248 g/mol. The van der Waals surface area contributed by atoms with Gasteiger partial charge in [-0.1, -0.05) is 32.0 Å². The summed E-state index contributed by atoms with van der Waals surface area (Å²) < 4.78 is 0. The number of nitrogens with zero attached hydrogens (tertiary/aromatic N) is 1. The average Bonchev–Trinajstić information content (AvgIpc) is 2.36. The number of benzene rings is 1. The molecule has 1 atom stereocenters. The summed E-state index contributed by atoms with van der Waals surface area (Å²) in [5.74, 6) is 0. The lowest BCUT2D eigenvalue weighted by molar-refractivity contribution is 0.201. The van der Waals surface area contributed by atoms with E-state index < -0.39 is 0 Å². The second-order valence-corrected chi connectivity index (χ2v) is 5.08. The van der Waals surface area contributed by atoms with Crippen LogP contribution in [-0.4, -0.2) is 24.5 Å². The first kappa shape index (κ1) is 15.2. The van der Waals surface area contributed by atoms with E-state index in [1.807, 2.05) is 0 Å². The fourth-order valence-electron chi connectivity index (χ4n) is 2.61. The Labute approximate surface area is 112 Å². The highest BCUT2D eigenvalue weighted by molar-refractivity contribution is 5.35. The first-order chi connectivity index (χ1) is 8.65. The maximum atomic E-state index is 6.04. The minimum absolute atomic E-state index is 0.366. The maximum absolute atomic E-state index is 6.04. The Morgan fingerprint density at radius 3 is 2.22 bits per heavy atom. The van der Waals surface area contributed by atoms with Gasteiger partial charge in [-0.15, -0.1) is 0 Å². The van der Waals surface area contributed by atoms with Gasteiger partial charge in [0.15, 0.2) is 0 Å². The molecule has 0 aliphatic rings. The third-order valence-corrected chi connectivity index (χ3v) is 3.69. The van der Waals surface area contributed by atoms with E-state index in [-0.39, 0.29) is 0 Å². The van der Waals surface area contributed by atoms with E-state index in [0.717, 1.165) is 13.1 Å². The first-order valence-electron chi connectivity index (χ1n) is 7.15. The Morgan fingerprint density at radius 2 is 1.72 bits per heavy atom. The molecule has 0 radical (unpaired) electrons. The SMILES string of the molecule is CCCN(CCC)C(CN)c1cccc(C)c1C. The zero-order valence-corrected chi connectivity index (χ0v) is 12.4. The molecular formula is C16H28N2. The smallest absolute Gasteiger partial charge is 0.0473 e. The van der Waals surface area contributed by atoms with Gasteiger partial charge in [0.25, 0.3) is 0 Å². The lowest BCUT2D eigenvalue weighted by Crippen LogP contribution is -2.35. The van der Waals surface area contributed by atoms with Crippen molar-refractivity contribution in [1.29, 1.82) is 0 Å². The summed E-state index contributed by atoms with van der Waals surface area (Å²) in [5.41, 5.74) is 10.2. The third kappa shape index (κ3) is 3.56. The zero-order chi connectivity index (χ0) is 13.5. The van der Waals surface area contributed by atoms with Crippen LogP contribution < -0.4 is 5.73 Å². The number of rotatable bonds is 7. The van der Waals surface area contributed by atoms with E-state index in [0.29, 0.717) is 12.6 Å². The molecule has 102 valence electrons. The van der Waals surface area contributed by atoms with Crippen LogP contribution in [0.25, 0.3) is 0 Å². The van der Waals surface area contributed by atoms with Crippen molar-refractivity contribution in [2.75, 3.05) is 19.6 Å². The van der Waals surface area contributed by atoms with Crippen molar-refractivity contribution in [2.45, 2.75) is 46.6 Å². The predicted molar refractivity (Wildman–Crippen MR) is 79.9 cm³/mol. The van der Waals surface area contributed by atoms with E-state index in [9.17, 15) is 0 Å². The molecule has 1 aromatic carbocycles. The van der Waals surface area contributed by atoms with Crippen molar-refractivity contribution >= 4 is 0 Å². The summed E-state index contributed by atoms with van der Waals surface area (Å²) in [6.45, 7) is 11.8. The van der Waals surface area contributed by atoms with Gasteiger partial charge < -0.3 is 5.73 Å². The van der Waals surface area contributed by atoms with Crippen molar-refractivity contribution in [3.05, 3.63) is 34.9 Å². The fraction of sp³-hybridized carbons (Fsp3) is 0.625. The van der Waals surface area contributed by atoms with Crippen LogP contribution in [0.4, 0.5) is 0 Å². The summed E-state index contributed by atoms with van der Waals surface area (Å²) in [4.78, 5) is 2.53. The van der Waals surface area contributed by atoms with Crippen LogP contribution >= 0.6 is 0 Å². The largest absolute Gasteiger partial charge is 0.329 e. The summed E-state index contributed by atoms with van der Waals surface area (Å²) in [7, 11) is 0. The van der Waals surface area contributed by atoms with Crippen LogP contribution in [0.1, 0.15) is 49.4 Å². The van der Waals surface area contributed by atoms with Gasteiger partial charge in [0, 0.05) is 12.6 Å². The number of hydrogen-bond acceptors (Lipinski definition) is 2. The molecule has 2 heteroatoms. The molecular weight excluding hydrogens is 220 g/mol. The normalized spacial score (nSPS) is 13.0. The molecule has 1 aromatic rings. The van der Waals surface area contributed by atoms with Crippen LogP contribution in [0.3, 0.4) is 0 Å². The van der Waals surface area contributed by atoms with E-state index in [4.69, 9.17) is 5.73 Å². The topological polar surface area (TPSA) is 29.3 Å². The molecule has 1 rings (SSSR count). The molecule has 0 amide bonds. The van der Waals surface area contributed by atoms with Crippen LogP contribution in [0.5, 0.6) is 0 Å².